The van der Waals surface area contributed by atoms with Crippen LogP contribution in [-0.4, -0.2) is 43.8 Å². The first-order valence-corrected chi connectivity index (χ1v) is 6.93. The molecule has 0 amide bonds. The maximum absolute atomic E-state index is 13.2. The number of ether oxygens (including phenoxy) is 1. The Labute approximate surface area is 114 Å². The number of morpholine rings is 1. The van der Waals surface area contributed by atoms with Crippen molar-refractivity contribution in [3.63, 3.8) is 0 Å². The van der Waals surface area contributed by atoms with Gasteiger partial charge in [0.1, 0.15) is 5.82 Å². The Hall–Kier alpha value is -0.970. The Morgan fingerprint density at radius 2 is 2.11 bits per heavy atom. The van der Waals surface area contributed by atoms with Crippen LogP contribution in [0.5, 0.6) is 0 Å². The maximum Gasteiger partial charge on any atom is 0.123 e. The fraction of sp³-hybridized carbons (Fsp3) is 0.600. The zero-order chi connectivity index (χ0) is 13.7. The Kier molecular flexibility index (Phi) is 5.31. The van der Waals surface area contributed by atoms with Gasteiger partial charge in [-0.25, -0.2) is 4.39 Å². The summed E-state index contributed by atoms with van der Waals surface area (Å²) in [5, 5.41) is 3.47. The first-order valence-electron chi connectivity index (χ1n) is 6.93. The van der Waals surface area contributed by atoms with Crippen LogP contribution < -0.4 is 5.32 Å². The molecule has 1 aromatic rings. The smallest absolute Gasteiger partial charge is 0.123 e. The molecule has 0 radical (unpaired) electrons. The van der Waals surface area contributed by atoms with E-state index in [0.717, 1.165) is 50.5 Å². The Bertz CT molecular complexity index is 405. The second-order valence-corrected chi connectivity index (χ2v) is 5.27. The van der Waals surface area contributed by atoms with Crippen LogP contribution in [0.2, 0.25) is 0 Å². The largest absolute Gasteiger partial charge is 0.379 e. The minimum atomic E-state index is -0.164. The predicted molar refractivity (Wildman–Crippen MR) is 74.7 cm³/mol. The molecule has 1 saturated heterocycles. The van der Waals surface area contributed by atoms with Crippen molar-refractivity contribution < 1.29 is 9.13 Å². The van der Waals surface area contributed by atoms with E-state index in [0.29, 0.717) is 6.04 Å². The molecule has 1 N–H and O–H groups in total. The molecule has 1 aromatic carbocycles. The zero-order valence-electron chi connectivity index (χ0n) is 11.8. The minimum absolute atomic E-state index is 0.164. The molecule has 1 atom stereocenters. The molecule has 0 bridgehead atoms. The molecule has 4 heteroatoms. The molecule has 1 fully saturated rings. The number of benzene rings is 1. The van der Waals surface area contributed by atoms with E-state index in [9.17, 15) is 4.39 Å². The van der Waals surface area contributed by atoms with Crippen LogP contribution in [0.15, 0.2) is 18.2 Å². The van der Waals surface area contributed by atoms with E-state index in [1.807, 2.05) is 13.0 Å². The van der Waals surface area contributed by atoms with E-state index in [1.54, 1.807) is 6.07 Å². The van der Waals surface area contributed by atoms with Crippen molar-refractivity contribution in [1.29, 1.82) is 0 Å². The highest BCUT2D eigenvalue weighted by atomic mass is 19.1. The van der Waals surface area contributed by atoms with Crippen molar-refractivity contribution in [1.82, 2.24) is 10.2 Å². The lowest BCUT2D eigenvalue weighted by Crippen LogP contribution is -2.44. The van der Waals surface area contributed by atoms with Gasteiger partial charge in [-0.1, -0.05) is 6.07 Å². The van der Waals surface area contributed by atoms with Crippen molar-refractivity contribution in [3.8, 4) is 0 Å². The zero-order valence-corrected chi connectivity index (χ0v) is 11.8. The van der Waals surface area contributed by atoms with Gasteiger partial charge in [0.15, 0.2) is 0 Å². The summed E-state index contributed by atoms with van der Waals surface area (Å²) >= 11 is 0. The summed E-state index contributed by atoms with van der Waals surface area (Å²) in [7, 11) is 0. The monoisotopic (exact) mass is 266 g/mol. The lowest BCUT2D eigenvalue weighted by molar-refractivity contribution is 0.0343. The molecule has 3 nitrogen and oxygen atoms in total. The summed E-state index contributed by atoms with van der Waals surface area (Å²) in [6.07, 6.45) is 0. The third kappa shape index (κ3) is 4.56. The number of aryl methyl sites for hydroxylation is 1. The number of rotatable bonds is 5. The molecule has 19 heavy (non-hydrogen) atoms. The molecule has 1 unspecified atom stereocenters. The minimum Gasteiger partial charge on any atom is -0.379 e. The van der Waals surface area contributed by atoms with Gasteiger partial charge in [-0.15, -0.1) is 0 Å². The van der Waals surface area contributed by atoms with Crippen LogP contribution in [0.3, 0.4) is 0 Å². The van der Waals surface area contributed by atoms with Crippen LogP contribution in [0, 0.1) is 12.7 Å². The second kappa shape index (κ2) is 6.98. The van der Waals surface area contributed by atoms with Crippen LogP contribution in [-0.2, 0) is 11.3 Å². The fourth-order valence-corrected chi connectivity index (χ4v) is 2.35. The van der Waals surface area contributed by atoms with Gasteiger partial charge in [0.05, 0.1) is 13.2 Å². The summed E-state index contributed by atoms with van der Waals surface area (Å²) < 4.78 is 18.5. The molecule has 1 aliphatic heterocycles. The highest BCUT2D eigenvalue weighted by molar-refractivity contribution is 5.26. The number of hydrogen-bond donors (Lipinski definition) is 1. The Morgan fingerprint density at radius 1 is 1.37 bits per heavy atom. The lowest BCUT2D eigenvalue weighted by atomic mass is 10.1. The van der Waals surface area contributed by atoms with Gasteiger partial charge in [0.25, 0.3) is 0 Å². The third-order valence-corrected chi connectivity index (χ3v) is 3.59. The average Bonchev–Trinajstić information content (AvgIpc) is 2.41. The SMILES string of the molecule is Cc1ccc(F)cc1CNC(C)CN1CCOCC1. The number of nitrogens with one attached hydrogen (secondary N) is 1. The molecule has 2 rings (SSSR count). The van der Waals surface area contributed by atoms with Crippen molar-refractivity contribution in [2.24, 2.45) is 0 Å². The van der Waals surface area contributed by atoms with E-state index >= 15 is 0 Å². The van der Waals surface area contributed by atoms with Gasteiger partial charge in [0.2, 0.25) is 0 Å². The normalized spacial score (nSPS) is 18.5. The molecule has 0 spiro atoms. The fourth-order valence-electron chi connectivity index (χ4n) is 2.35. The number of hydrogen-bond acceptors (Lipinski definition) is 3. The Balaban J connectivity index is 1.79. The van der Waals surface area contributed by atoms with E-state index in [2.05, 4.69) is 17.1 Å². The first-order chi connectivity index (χ1) is 9.15. The molecule has 1 aliphatic rings. The quantitative estimate of drug-likeness (QED) is 0.881. The molecular weight excluding hydrogens is 243 g/mol. The van der Waals surface area contributed by atoms with Crippen LogP contribution in [0.25, 0.3) is 0 Å². The third-order valence-electron chi connectivity index (χ3n) is 3.59. The lowest BCUT2D eigenvalue weighted by Gasteiger charge is -2.29. The first kappa shape index (κ1) is 14.4. The topological polar surface area (TPSA) is 24.5 Å². The van der Waals surface area contributed by atoms with Gasteiger partial charge >= 0.3 is 0 Å². The van der Waals surface area contributed by atoms with Crippen LogP contribution >= 0.6 is 0 Å². The second-order valence-electron chi connectivity index (χ2n) is 5.27. The average molecular weight is 266 g/mol. The highest BCUT2D eigenvalue weighted by Crippen LogP contribution is 2.10. The molecule has 0 aliphatic carbocycles. The molecule has 106 valence electrons. The molecule has 0 aromatic heterocycles. The summed E-state index contributed by atoms with van der Waals surface area (Å²) in [6, 6.07) is 5.35. The highest BCUT2D eigenvalue weighted by Gasteiger charge is 2.13. The van der Waals surface area contributed by atoms with E-state index in [-0.39, 0.29) is 5.82 Å². The van der Waals surface area contributed by atoms with Gasteiger partial charge < -0.3 is 10.1 Å². The van der Waals surface area contributed by atoms with Crippen molar-refractivity contribution >= 4 is 0 Å². The number of halogens is 1. The maximum atomic E-state index is 13.2. The van der Waals surface area contributed by atoms with E-state index in [4.69, 9.17) is 4.74 Å². The van der Waals surface area contributed by atoms with Gasteiger partial charge in [-0.05, 0) is 37.1 Å². The van der Waals surface area contributed by atoms with Crippen molar-refractivity contribution in [2.45, 2.75) is 26.4 Å². The molecule has 0 saturated carbocycles. The van der Waals surface area contributed by atoms with Gasteiger partial charge in [0, 0.05) is 32.2 Å². The van der Waals surface area contributed by atoms with E-state index in [1.165, 1.54) is 6.07 Å². The summed E-state index contributed by atoms with van der Waals surface area (Å²) in [5.74, 6) is -0.164. The Morgan fingerprint density at radius 3 is 2.84 bits per heavy atom. The number of nitrogens with zero attached hydrogens (tertiary/aromatic N) is 1. The van der Waals surface area contributed by atoms with Crippen molar-refractivity contribution in [2.75, 3.05) is 32.8 Å². The predicted octanol–water partition coefficient (Wildman–Crippen LogP) is 1.94. The molecular formula is C15H23FN2O. The van der Waals surface area contributed by atoms with Crippen molar-refractivity contribution in [3.05, 3.63) is 35.1 Å². The standard InChI is InChI=1S/C15H23FN2O/c1-12-3-4-15(16)9-14(12)10-17-13(2)11-18-5-7-19-8-6-18/h3-4,9,13,17H,5-8,10-11H2,1-2H3. The van der Waals surface area contributed by atoms with E-state index < -0.39 is 0 Å². The summed E-state index contributed by atoms with van der Waals surface area (Å²) in [5.41, 5.74) is 2.17. The van der Waals surface area contributed by atoms with Crippen LogP contribution in [0.1, 0.15) is 18.1 Å². The van der Waals surface area contributed by atoms with Gasteiger partial charge in [-0.2, -0.15) is 0 Å². The summed E-state index contributed by atoms with van der Waals surface area (Å²) in [4.78, 5) is 2.40. The van der Waals surface area contributed by atoms with Gasteiger partial charge in [-0.3, -0.25) is 4.90 Å². The molecule has 1 heterocycles. The summed E-state index contributed by atoms with van der Waals surface area (Å²) in [6.45, 7) is 9.58. The van der Waals surface area contributed by atoms with Crippen LogP contribution in [0.4, 0.5) is 4.39 Å².